The lowest BCUT2D eigenvalue weighted by molar-refractivity contribution is 0.102. The second-order valence-corrected chi connectivity index (χ2v) is 6.92. The summed E-state index contributed by atoms with van der Waals surface area (Å²) in [5.74, 6) is 0.497. The van der Waals surface area contributed by atoms with E-state index in [1.54, 1.807) is 28.7 Å². The number of ether oxygens (including phenoxy) is 1. The number of nitrogens with one attached hydrogen (secondary N) is 1. The number of aromatic nitrogens is 5. The third kappa shape index (κ3) is 3.22. The fourth-order valence-corrected chi connectivity index (χ4v) is 3.37. The van der Waals surface area contributed by atoms with Gasteiger partial charge < -0.3 is 10.1 Å². The summed E-state index contributed by atoms with van der Waals surface area (Å²) in [6.45, 7) is 3.78. The molecule has 0 saturated heterocycles. The van der Waals surface area contributed by atoms with Crippen molar-refractivity contribution >= 4 is 22.6 Å². The first kappa shape index (κ1) is 18.7. The Labute approximate surface area is 168 Å². The van der Waals surface area contributed by atoms with E-state index in [4.69, 9.17) is 9.72 Å². The Hall–Kier alpha value is -3.68. The van der Waals surface area contributed by atoms with Crippen molar-refractivity contribution in [2.24, 2.45) is 14.1 Å². The van der Waals surface area contributed by atoms with Crippen molar-refractivity contribution in [3.8, 4) is 17.0 Å². The van der Waals surface area contributed by atoms with Crippen LogP contribution in [0.4, 0.5) is 5.69 Å². The maximum atomic E-state index is 13.2. The molecular weight excluding hydrogens is 368 g/mol. The zero-order chi connectivity index (χ0) is 20.7. The summed E-state index contributed by atoms with van der Waals surface area (Å²) >= 11 is 0. The van der Waals surface area contributed by atoms with E-state index in [0.717, 1.165) is 28.1 Å². The molecule has 8 nitrogen and oxygen atoms in total. The monoisotopic (exact) mass is 390 g/mol. The highest BCUT2D eigenvalue weighted by molar-refractivity contribution is 6.13. The lowest BCUT2D eigenvalue weighted by atomic mass is 10.0. The Balaban J connectivity index is 1.87. The Morgan fingerprint density at radius 3 is 2.62 bits per heavy atom. The number of pyridine rings is 1. The molecule has 1 amide bonds. The number of hydrogen-bond donors (Lipinski definition) is 1. The van der Waals surface area contributed by atoms with Gasteiger partial charge in [0.15, 0.2) is 5.65 Å². The zero-order valence-corrected chi connectivity index (χ0v) is 17.0. The average molecular weight is 390 g/mol. The molecule has 8 heteroatoms. The van der Waals surface area contributed by atoms with Gasteiger partial charge in [-0.1, -0.05) is 12.1 Å². The van der Waals surface area contributed by atoms with E-state index in [9.17, 15) is 4.79 Å². The van der Waals surface area contributed by atoms with Gasteiger partial charge >= 0.3 is 0 Å². The molecule has 0 aliphatic rings. The van der Waals surface area contributed by atoms with Crippen molar-refractivity contribution in [2.75, 3.05) is 12.4 Å². The highest BCUT2D eigenvalue weighted by Gasteiger charge is 2.20. The largest absolute Gasteiger partial charge is 0.497 e. The SMILES string of the molecule is COc1cccc(-c2cc(C(=O)Nc3cnn(C)c3C)c3c(C)nn(C)c3n2)c1. The number of carbonyl (C=O) groups is 1. The Kier molecular flexibility index (Phi) is 4.54. The molecule has 0 fully saturated rings. The lowest BCUT2D eigenvalue weighted by Gasteiger charge is -2.10. The molecule has 0 aliphatic heterocycles. The van der Waals surface area contributed by atoms with Crippen LogP contribution >= 0.6 is 0 Å². The van der Waals surface area contributed by atoms with Crippen LogP contribution in [-0.2, 0) is 14.1 Å². The van der Waals surface area contributed by atoms with Crippen LogP contribution < -0.4 is 10.1 Å². The molecule has 0 radical (unpaired) electrons. The lowest BCUT2D eigenvalue weighted by Crippen LogP contribution is -2.14. The van der Waals surface area contributed by atoms with Crippen molar-refractivity contribution in [3.63, 3.8) is 0 Å². The van der Waals surface area contributed by atoms with Gasteiger partial charge in [-0.25, -0.2) is 4.98 Å². The standard InChI is InChI=1S/C21H22N6O2/c1-12-19-16(21(28)24-18-11-22-26(3)13(18)2)10-17(23-20(19)27(4)25-12)14-7-6-8-15(9-14)29-5/h6-11H,1-5H3,(H,24,28). The molecule has 1 aromatic carbocycles. The number of amides is 1. The number of fused-ring (bicyclic) bond motifs is 1. The number of nitrogens with zero attached hydrogens (tertiary/aromatic N) is 5. The minimum absolute atomic E-state index is 0.228. The Bertz CT molecular complexity index is 1240. The molecule has 0 atom stereocenters. The summed E-state index contributed by atoms with van der Waals surface area (Å²) in [5.41, 5.74) is 4.99. The predicted molar refractivity (Wildman–Crippen MR) is 111 cm³/mol. The minimum atomic E-state index is -0.228. The molecule has 3 aromatic heterocycles. The molecular formula is C21H22N6O2. The molecule has 3 heterocycles. The quantitative estimate of drug-likeness (QED) is 0.578. The minimum Gasteiger partial charge on any atom is -0.497 e. The van der Waals surface area contributed by atoms with Gasteiger partial charge in [-0.2, -0.15) is 10.2 Å². The fraction of sp³-hybridized carbons (Fsp3) is 0.238. The van der Waals surface area contributed by atoms with Gasteiger partial charge in [-0.05, 0) is 32.0 Å². The normalized spacial score (nSPS) is 11.1. The maximum absolute atomic E-state index is 13.2. The maximum Gasteiger partial charge on any atom is 0.256 e. The number of methoxy groups -OCH3 is 1. The predicted octanol–water partition coefficient (Wildman–Crippen LogP) is 3.25. The van der Waals surface area contributed by atoms with E-state index in [-0.39, 0.29) is 5.91 Å². The number of rotatable bonds is 4. The first-order valence-electron chi connectivity index (χ1n) is 9.17. The van der Waals surface area contributed by atoms with Gasteiger partial charge in [0, 0.05) is 19.7 Å². The number of anilines is 1. The van der Waals surface area contributed by atoms with Crippen molar-refractivity contribution in [2.45, 2.75) is 13.8 Å². The third-order valence-corrected chi connectivity index (χ3v) is 5.06. The first-order chi connectivity index (χ1) is 13.9. The van der Waals surface area contributed by atoms with Gasteiger partial charge in [0.25, 0.3) is 5.91 Å². The Morgan fingerprint density at radius 1 is 1.14 bits per heavy atom. The van der Waals surface area contributed by atoms with Crippen molar-refractivity contribution < 1.29 is 9.53 Å². The molecule has 29 heavy (non-hydrogen) atoms. The second kappa shape index (κ2) is 7.05. The van der Waals surface area contributed by atoms with E-state index >= 15 is 0 Å². The molecule has 1 N–H and O–H groups in total. The van der Waals surface area contributed by atoms with Crippen LogP contribution in [0.3, 0.4) is 0 Å². The van der Waals surface area contributed by atoms with E-state index < -0.39 is 0 Å². The zero-order valence-electron chi connectivity index (χ0n) is 17.0. The molecule has 0 saturated carbocycles. The highest BCUT2D eigenvalue weighted by Crippen LogP contribution is 2.29. The smallest absolute Gasteiger partial charge is 0.256 e. The van der Waals surface area contributed by atoms with E-state index in [1.165, 1.54) is 0 Å². The molecule has 0 unspecified atom stereocenters. The third-order valence-electron chi connectivity index (χ3n) is 5.06. The van der Waals surface area contributed by atoms with Crippen LogP contribution in [0, 0.1) is 13.8 Å². The van der Waals surface area contributed by atoms with Gasteiger partial charge in [0.2, 0.25) is 0 Å². The molecule has 148 valence electrons. The molecule has 0 spiro atoms. The van der Waals surface area contributed by atoms with Gasteiger partial charge in [-0.15, -0.1) is 0 Å². The summed E-state index contributed by atoms with van der Waals surface area (Å²) < 4.78 is 8.74. The summed E-state index contributed by atoms with van der Waals surface area (Å²) in [6, 6.07) is 9.40. The fourth-order valence-electron chi connectivity index (χ4n) is 3.37. The van der Waals surface area contributed by atoms with Crippen LogP contribution in [-0.4, -0.2) is 37.6 Å². The topological polar surface area (TPSA) is 86.9 Å². The van der Waals surface area contributed by atoms with E-state index in [0.29, 0.717) is 22.6 Å². The van der Waals surface area contributed by atoms with E-state index in [1.807, 2.05) is 52.2 Å². The van der Waals surface area contributed by atoms with Gasteiger partial charge in [0.05, 0.1) is 47.0 Å². The summed E-state index contributed by atoms with van der Waals surface area (Å²) in [5, 5.41) is 12.4. The molecule has 4 aromatic rings. The first-order valence-corrected chi connectivity index (χ1v) is 9.17. The van der Waals surface area contributed by atoms with Crippen molar-refractivity contribution in [3.05, 3.63) is 53.5 Å². The van der Waals surface area contributed by atoms with Crippen LogP contribution in [0.2, 0.25) is 0 Å². The Morgan fingerprint density at radius 2 is 1.93 bits per heavy atom. The van der Waals surface area contributed by atoms with E-state index in [2.05, 4.69) is 15.5 Å². The van der Waals surface area contributed by atoms with Crippen LogP contribution in [0.1, 0.15) is 21.7 Å². The van der Waals surface area contributed by atoms with Crippen molar-refractivity contribution in [1.29, 1.82) is 0 Å². The second-order valence-electron chi connectivity index (χ2n) is 6.92. The van der Waals surface area contributed by atoms with Crippen molar-refractivity contribution in [1.82, 2.24) is 24.5 Å². The number of aryl methyl sites for hydroxylation is 3. The van der Waals surface area contributed by atoms with Crippen LogP contribution in [0.15, 0.2) is 36.5 Å². The molecule has 0 aliphatic carbocycles. The summed E-state index contributed by atoms with van der Waals surface area (Å²) in [7, 11) is 5.28. The number of hydrogen-bond acceptors (Lipinski definition) is 5. The molecule has 4 rings (SSSR count). The summed E-state index contributed by atoms with van der Waals surface area (Å²) in [6.07, 6.45) is 1.64. The number of carbonyl (C=O) groups excluding carboxylic acids is 1. The number of benzene rings is 1. The highest BCUT2D eigenvalue weighted by atomic mass is 16.5. The van der Waals surface area contributed by atoms with Gasteiger partial charge in [0.1, 0.15) is 5.75 Å². The molecule has 0 bridgehead atoms. The average Bonchev–Trinajstić information content (AvgIpc) is 3.20. The van der Waals surface area contributed by atoms with Crippen LogP contribution in [0.25, 0.3) is 22.3 Å². The van der Waals surface area contributed by atoms with Gasteiger partial charge in [-0.3, -0.25) is 14.2 Å². The summed E-state index contributed by atoms with van der Waals surface area (Å²) in [4.78, 5) is 18.0. The van der Waals surface area contributed by atoms with Crippen LogP contribution in [0.5, 0.6) is 5.75 Å².